The van der Waals surface area contributed by atoms with Gasteiger partial charge in [-0.05, 0) is 57.9 Å². The molecule has 0 saturated carbocycles. The second-order valence-electron chi connectivity index (χ2n) is 9.21. The molecule has 1 unspecified atom stereocenters. The molecule has 172 valence electrons. The summed E-state index contributed by atoms with van der Waals surface area (Å²) in [4.78, 5) is 23.5. The van der Waals surface area contributed by atoms with Crippen LogP contribution in [0.1, 0.15) is 44.9 Å². The first-order chi connectivity index (χ1) is 15.7. The number of benzene rings is 1. The van der Waals surface area contributed by atoms with Gasteiger partial charge in [-0.2, -0.15) is 5.26 Å². The minimum atomic E-state index is -0.565. The lowest BCUT2D eigenvalue weighted by atomic mass is 10.1. The van der Waals surface area contributed by atoms with Gasteiger partial charge in [0.15, 0.2) is 0 Å². The molecular formula is C24H27FN6O2. The second-order valence-corrected chi connectivity index (χ2v) is 9.21. The summed E-state index contributed by atoms with van der Waals surface area (Å²) in [6, 6.07) is 10.1. The summed E-state index contributed by atoms with van der Waals surface area (Å²) in [5.74, 6) is 0.343. The van der Waals surface area contributed by atoms with Crippen LogP contribution in [0, 0.1) is 17.1 Å². The van der Waals surface area contributed by atoms with Crippen molar-refractivity contribution < 1.29 is 13.9 Å². The van der Waals surface area contributed by atoms with Crippen LogP contribution in [0.15, 0.2) is 36.5 Å². The zero-order valence-corrected chi connectivity index (χ0v) is 19.0. The molecule has 3 aromatic rings. The van der Waals surface area contributed by atoms with Crippen LogP contribution >= 0.6 is 0 Å². The van der Waals surface area contributed by atoms with Gasteiger partial charge in [0.25, 0.3) is 0 Å². The molecule has 8 nitrogen and oxygen atoms in total. The average Bonchev–Trinajstić information content (AvgIpc) is 3.10. The topological polar surface area (TPSA) is 96.1 Å². The Balaban J connectivity index is 1.61. The van der Waals surface area contributed by atoms with Gasteiger partial charge < -0.3 is 19.5 Å². The number of nitriles is 1. The van der Waals surface area contributed by atoms with Crippen molar-refractivity contribution in [2.75, 3.05) is 18.0 Å². The average molecular weight is 451 g/mol. The number of alkyl carbamates (subject to hydrolysis) is 1. The van der Waals surface area contributed by atoms with Crippen LogP contribution in [0.5, 0.6) is 0 Å². The normalized spacial score (nSPS) is 16.5. The molecule has 3 heterocycles. The summed E-state index contributed by atoms with van der Waals surface area (Å²) >= 11 is 0. The van der Waals surface area contributed by atoms with E-state index in [1.54, 1.807) is 18.2 Å². The Labute approximate surface area is 192 Å². The van der Waals surface area contributed by atoms with Crippen molar-refractivity contribution in [1.82, 2.24) is 19.9 Å². The third-order valence-electron chi connectivity index (χ3n) is 5.39. The van der Waals surface area contributed by atoms with E-state index in [0.29, 0.717) is 30.1 Å². The molecular weight excluding hydrogens is 423 g/mol. The number of nitrogens with zero attached hydrogens (tertiary/aromatic N) is 5. The molecule has 9 heteroatoms. The van der Waals surface area contributed by atoms with E-state index in [-0.39, 0.29) is 11.9 Å². The van der Waals surface area contributed by atoms with Crippen molar-refractivity contribution in [2.45, 2.75) is 51.8 Å². The number of aromatic nitrogens is 3. The quantitative estimate of drug-likeness (QED) is 0.646. The summed E-state index contributed by atoms with van der Waals surface area (Å²) < 4.78 is 21.3. The van der Waals surface area contributed by atoms with Gasteiger partial charge in [-0.25, -0.2) is 14.2 Å². The molecule has 1 N–H and O–H groups in total. The summed E-state index contributed by atoms with van der Waals surface area (Å²) in [7, 11) is 0. The lowest BCUT2D eigenvalue weighted by Crippen LogP contribution is -2.49. The monoisotopic (exact) mass is 450 g/mol. The molecule has 0 radical (unpaired) electrons. The number of piperidine rings is 1. The zero-order valence-electron chi connectivity index (χ0n) is 19.0. The Morgan fingerprint density at radius 3 is 2.85 bits per heavy atom. The molecule has 1 fully saturated rings. The fourth-order valence-electron chi connectivity index (χ4n) is 3.98. The molecule has 1 amide bonds. The summed E-state index contributed by atoms with van der Waals surface area (Å²) in [6.45, 7) is 7.24. The predicted octanol–water partition coefficient (Wildman–Crippen LogP) is 3.98. The van der Waals surface area contributed by atoms with E-state index < -0.39 is 11.7 Å². The second kappa shape index (κ2) is 9.06. The van der Waals surface area contributed by atoms with Gasteiger partial charge in [0.2, 0.25) is 5.95 Å². The van der Waals surface area contributed by atoms with E-state index in [1.807, 2.05) is 25.3 Å². The lowest BCUT2D eigenvalue weighted by Gasteiger charge is -2.34. The summed E-state index contributed by atoms with van der Waals surface area (Å²) in [5.41, 5.74) is 2.04. The molecule has 1 aromatic carbocycles. The minimum absolute atomic E-state index is 0.0911. The zero-order chi connectivity index (χ0) is 23.6. The third kappa shape index (κ3) is 5.40. The van der Waals surface area contributed by atoms with Crippen molar-refractivity contribution in [3.63, 3.8) is 0 Å². The van der Waals surface area contributed by atoms with Gasteiger partial charge in [-0.3, -0.25) is 4.98 Å². The lowest BCUT2D eigenvalue weighted by molar-refractivity contribution is 0.0500. The van der Waals surface area contributed by atoms with Gasteiger partial charge in [-0.1, -0.05) is 0 Å². The van der Waals surface area contributed by atoms with Crippen LogP contribution in [0.3, 0.4) is 0 Å². The molecule has 4 rings (SSSR count). The molecule has 0 aliphatic carbocycles. The number of hydrogen-bond donors (Lipinski definition) is 1. The van der Waals surface area contributed by atoms with Gasteiger partial charge >= 0.3 is 6.09 Å². The third-order valence-corrected chi connectivity index (χ3v) is 5.39. The number of hydrogen-bond acceptors (Lipinski definition) is 6. The highest BCUT2D eigenvalue weighted by Gasteiger charge is 2.27. The maximum atomic E-state index is 13.9. The molecule has 1 atom stereocenters. The molecule has 1 aliphatic rings. The number of amides is 1. The highest BCUT2D eigenvalue weighted by atomic mass is 19.1. The highest BCUT2D eigenvalue weighted by Crippen LogP contribution is 2.27. The van der Waals surface area contributed by atoms with Crippen molar-refractivity contribution in [2.24, 2.45) is 0 Å². The largest absolute Gasteiger partial charge is 0.444 e. The van der Waals surface area contributed by atoms with Crippen molar-refractivity contribution in [3.8, 4) is 6.07 Å². The number of anilines is 1. The van der Waals surface area contributed by atoms with Crippen molar-refractivity contribution >= 4 is 23.1 Å². The van der Waals surface area contributed by atoms with Crippen LogP contribution in [-0.2, 0) is 11.3 Å². The van der Waals surface area contributed by atoms with E-state index in [4.69, 9.17) is 15.0 Å². The first-order valence-corrected chi connectivity index (χ1v) is 11.0. The van der Waals surface area contributed by atoms with E-state index in [2.05, 4.69) is 21.3 Å². The number of carbonyl (C=O) groups excluding carboxylic acids is 1. The maximum Gasteiger partial charge on any atom is 0.407 e. The molecule has 1 saturated heterocycles. The highest BCUT2D eigenvalue weighted by molar-refractivity contribution is 5.79. The molecule has 0 bridgehead atoms. The first kappa shape index (κ1) is 22.5. The molecule has 33 heavy (non-hydrogen) atoms. The Morgan fingerprint density at radius 2 is 2.15 bits per heavy atom. The summed E-state index contributed by atoms with van der Waals surface area (Å²) in [6.07, 6.45) is 2.80. The Morgan fingerprint density at radius 1 is 1.33 bits per heavy atom. The molecule has 1 aliphatic heterocycles. The smallest absolute Gasteiger partial charge is 0.407 e. The Hall–Kier alpha value is -3.67. The number of halogens is 1. The SMILES string of the molecule is CC(C)(C)OC(=O)NC1CCCN(c2nc3cc(F)ccc3n2Cc2ccc(C#N)cn2)C1. The maximum absolute atomic E-state index is 13.9. The number of carbonyl (C=O) groups is 1. The Kier molecular flexibility index (Phi) is 6.18. The summed E-state index contributed by atoms with van der Waals surface area (Å²) in [5, 5.41) is 12.0. The van der Waals surface area contributed by atoms with Gasteiger partial charge in [0, 0.05) is 31.4 Å². The van der Waals surface area contributed by atoms with Gasteiger partial charge in [0.05, 0.1) is 28.8 Å². The number of fused-ring (bicyclic) bond motifs is 1. The number of imidazole rings is 1. The Bertz CT molecular complexity index is 1190. The number of rotatable bonds is 4. The number of ether oxygens (including phenoxy) is 1. The van der Waals surface area contributed by atoms with Gasteiger partial charge in [0.1, 0.15) is 17.5 Å². The standard InChI is InChI=1S/C24H27FN6O2/c1-24(2,3)33-23(32)28-19-5-4-10-30(14-19)22-29-20-11-17(25)7-9-21(20)31(22)15-18-8-6-16(12-26)13-27-18/h6-9,11,13,19H,4-5,10,14-15H2,1-3H3,(H,28,32). The first-order valence-electron chi connectivity index (χ1n) is 11.0. The predicted molar refractivity (Wildman–Crippen MR) is 122 cm³/mol. The molecule has 2 aromatic heterocycles. The van der Waals surface area contributed by atoms with Crippen LogP contribution < -0.4 is 10.2 Å². The van der Waals surface area contributed by atoms with E-state index in [0.717, 1.165) is 30.6 Å². The fourth-order valence-corrected chi connectivity index (χ4v) is 3.98. The van der Waals surface area contributed by atoms with E-state index >= 15 is 0 Å². The minimum Gasteiger partial charge on any atom is -0.444 e. The van der Waals surface area contributed by atoms with E-state index in [1.165, 1.54) is 18.3 Å². The fraction of sp³-hybridized carbons (Fsp3) is 0.417. The molecule has 0 spiro atoms. The van der Waals surface area contributed by atoms with Crippen LogP contribution in [0.2, 0.25) is 0 Å². The van der Waals surface area contributed by atoms with Gasteiger partial charge in [-0.15, -0.1) is 0 Å². The van der Waals surface area contributed by atoms with Crippen LogP contribution in [0.4, 0.5) is 15.1 Å². The van der Waals surface area contributed by atoms with Crippen LogP contribution in [-0.4, -0.2) is 45.4 Å². The number of pyridine rings is 1. The van der Waals surface area contributed by atoms with Crippen LogP contribution in [0.25, 0.3) is 11.0 Å². The van der Waals surface area contributed by atoms with Crippen molar-refractivity contribution in [3.05, 3.63) is 53.6 Å². The van der Waals surface area contributed by atoms with Crippen molar-refractivity contribution in [1.29, 1.82) is 5.26 Å². The number of nitrogens with one attached hydrogen (secondary N) is 1. The van der Waals surface area contributed by atoms with E-state index in [9.17, 15) is 9.18 Å².